The number of fused-ring (bicyclic) bond motifs is 2. The molecule has 3 N–H and O–H groups in total. The summed E-state index contributed by atoms with van der Waals surface area (Å²) < 4.78 is 3.61. The van der Waals surface area contributed by atoms with Crippen molar-refractivity contribution >= 4 is 22.1 Å². The molecule has 3 heterocycles. The minimum atomic E-state index is 0.353. The lowest BCUT2D eigenvalue weighted by molar-refractivity contribution is 0.564. The molecule has 0 spiro atoms. The number of hydrogen-bond acceptors (Lipinski definition) is 4. The molecule has 1 aromatic carbocycles. The first-order valence-electron chi connectivity index (χ1n) is 8.79. The molecule has 5 rings (SSSR count). The van der Waals surface area contributed by atoms with Gasteiger partial charge < -0.3 is 10.8 Å². The molecule has 0 unspecified atom stereocenters. The van der Waals surface area contributed by atoms with Crippen molar-refractivity contribution < 1.29 is 0 Å². The quantitative estimate of drug-likeness (QED) is 0.561. The molecule has 1 fully saturated rings. The van der Waals surface area contributed by atoms with Crippen LogP contribution < -0.4 is 5.84 Å². The van der Waals surface area contributed by atoms with Crippen LogP contribution in [0.5, 0.6) is 0 Å². The Morgan fingerprint density at radius 1 is 1.24 bits per heavy atom. The van der Waals surface area contributed by atoms with Crippen molar-refractivity contribution in [3.05, 3.63) is 30.2 Å². The van der Waals surface area contributed by atoms with E-state index in [1.807, 2.05) is 29.1 Å². The smallest absolute Gasteiger partial charge is 0.180 e. The molecule has 128 valence electrons. The molecule has 7 heteroatoms. The SMILES string of the molecule is CC(C)c1nc2cc3c(cc2[nH]1)nc(-c1ccn(CC2CC2)n1)n3N. The van der Waals surface area contributed by atoms with Gasteiger partial charge in [0.1, 0.15) is 11.5 Å². The van der Waals surface area contributed by atoms with Gasteiger partial charge in [0, 0.05) is 18.7 Å². The number of rotatable bonds is 4. The third-order valence-electron chi connectivity index (χ3n) is 4.87. The maximum atomic E-state index is 6.32. The van der Waals surface area contributed by atoms with Gasteiger partial charge in [0.05, 0.1) is 22.1 Å². The van der Waals surface area contributed by atoms with Crippen LogP contribution in [-0.2, 0) is 6.54 Å². The first-order chi connectivity index (χ1) is 12.1. The highest BCUT2D eigenvalue weighted by molar-refractivity contribution is 5.93. The Hall–Kier alpha value is -2.83. The van der Waals surface area contributed by atoms with Crippen LogP contribution in [0.2, 0.25) is 0 Å². The number of aromatic amines is 1. The Labute approximate surface area is 144 Å². The number of nitrogen functional groups attached to an aromatic ring is 1. The van der Waals surface area contributed by atoms with Gasteiger partial charge in [-0.2, -0.15) is 5.10 Å². The van der Waals surface area contributed by atoms with Crippen molar-refractivity contribution in [2.45, 2.75) is 39.2 Å². The minimum absolute atomic E-state index is 0.353. The lowest BCUT2D eigenvalue weighted by atomic mass is 10.2. The molecule has 0 bridgehead atoms. The summed E-state index contributed by atoms with van der Waals surface area (Å²) in [6.07, 6.45) is 4.62. The summed E-state index contributed by atoms with van der Waals surface area (Å²) in [6, 6.07) is 5.98. The van der Waals surface area contributed by atoms with E-state index < -0.39 is 0 Å². The second-order valence-electron chi connectivity index (χ2n) is 7.31. The Balaban J connectivity index is 1.59. The lowest BCUT2D eigenvalue weighted by Crippen LogP contribution is -2.10. The molecule has 1 saturated carbocycles. The van der Waals surface area contributed by atoms with E-state index in [1.54, 1.807) is 4.68 Å². The van der Waals surface area contributed by atoms with Crippen molar-refractivity contribution in [3.63, 3.8) is 0 Å². The van der Waals surface area contributed by atoms with Crippen LogP contribution >= 0.6 is 0 Å². The number of benzene rings is 1. The second-order valence-corrected chi connectivity index (χ2v) is 7.31. The zero-order chi connectivity index (χ0) is 17.1. The topological polar surface area (TPSA) is 90.3 Å². The van der Waals surface area contributed by atoms with Gasteiger partial charge in [0.15, 0.2) is 5.82 Å². The van der Waals surface area contributed by atoms with E-state index in [0.29, 0.717) is 11.7 Å². The molecule has 4 aromatic rings. The first-order valence-corrected chi connectivity index (χ1v) is 8.79. The van der Waals surface area contributed by atoms with E-state index in [0.717, 1.165) is 46.0 Å². The summed E-state index contributed by atoms with van der Waals surface area (Å²) in [5.41, 5.74) is 4.41. The minimum Gasteiger partial charge on any atom is -0.342 e. The van der Waals surface area contributed by atoms with Crippen LogP contribution in [0.3, 0.4) is 0 Å². The number of aromatic nitrogens is 6. The number of imidazole rings is 2. The second kappa shape index (κ2) is 5.08. The van der Waals surface area contributed by atoms with Gasteiger partial charge in [-0.3, -0.25) is 4.68 Å². The average molecular weight is 335 g/mol. The van der Waals surface area contributed by atoms with Gasteiger partial charge in [-0.1, -0.05) is 13.8 Å². The highest BCUT2D eigenvalue weighted by Gasteiger charge is 2.22. The number of nitrogens with zero attached hydrogens (tertiary/aromatic N) is 5. The molecule has 7 nitrogen and oxygen atoms in total. The van der Waals surface area contributed by atoms with E-state index in [1.165, 1.54) is 12.8 Å². The zero-order valence-electron chi connectivity index (χ0n) is 14.4. The van der Waals surface area contributed by atoms with Crippen LogP contribution in [0.4, 0.5) is 0 Å². The summed E-state index contributed by atoms with van der Waals surface area (Å²) in [4.78, 5) is 12.7. The molecule has 0 atom stereocenters. The predicted octanol–water partition coefficient (Wildman–Crippen LogP) is 3.02. The molecule has 3 aromatic heterocycles. The molecule has 1 aliphatic rings. The van der Waals surface area contributed by atoms with E-state index in [-0.39, 0.29) is 0 Å². The van der Waals surface area contributed by atoms with Crippen molar-refractivity contribution in [1.82, 2.24) is 29.4 Å². The summed E-state index contributed by atoms with van der Waals surface area (Å²) in [5.74, 6) is 9.11. The summed E-state index contributed by atoms with van der Waals surface area (Å²) >= 11 is 0. The van der Waals surface area contributed by atoms with Gasteiger partial charge in [-0.05, 0) is 37.0 Å². The van der Waals surface area contributed by atoms with Crippen LogP contribution in [-0.4, -0.2) is 29.4 Å². The van der Waals surface area contributed by atoms with Crippen molar-refractivity contribution in [2.75, 3.05) is 5.84 Å². The molecule has 0 amide bonds. The normalized spacial score (nSPS) is 15.0. The maximum absolute atomic E-state index is 6.32. The maximum Gasteiger partial charge on any atom is 0.180 e. The van der Waals surface area contributed by atoms with Crippen LogP contribution in [0.1, 0.15) is 38.4 Å². The zero-order valence-corrected chi connectivity index (χ0v) is 14.4. The number of H-pyrrole nitrogens is 1. The van der Waals surface area contributed by atoms with Crippen molar-refractivity contribution in [3.8, 4) is 11.5 Å². The molecule has 0 saturated heterocycles. The standard InChI is InChI=1S/C18H21N7/c1-10(2)17-20-13-7-15-16(8-14(13)21-17)25(19)18(22-15)12-5-6-24(23-12)9-11-3-4-11/h5-8,10-11H,3-4,9,19H2,1-2H3,(H,20,21). The fraction of sp³-hybridized carbons (Fsp3) is 0.389. The fourth-order valence-corrected chi connectivity index (χ4v) is 3.22. The number of hydrogen-bond donors (Lipinski definition) is 2. The first kappa shape index (κ1) is 14.5. The molecular formula is C18H21N7. The van der Waals surface area contributed by atoms with Crippen molar-refractivity contribution in [2.24, 2.45) is 5.92 Å². The summed E-state index contributed by atoms with van der Waals surface area (Å²) in [5, 5.41) is 4.64. The van der Waals surface area contributed by atoms with E-state index in [2.05, 4.69) is 28.9 Å². The monoisotopic (exact) mass is 335 g/mol. The summed E-state index contributed by atoms with van der Waals surface area (Å²) in [7, 11) is 0. The van der Waals surface area contributed by atoms with E-state index in [4.69, 9.17) is 10.8 Å². The highest BCUT2D eigenvalue weighted by Crippen LogP contribution is 2.31. The van der Waals surface area contributed by atoms with E-state index in [9.17, 15) is 0 Å². The average Bonchev–Trinajstić information content (AvgIpc) is 3.00. The van der Waals surface area contributed by atoms with Gasteiger partial charge in [-0.25, -0.2) is 14.6 Å². The van der Waals surface area contributed by atoms with Crippen molar-refractivity contribution in [1.29, 1.82) is 0 Å². The van der Waals surface area contributed by atoms with Gasteiger partial charge in [0.2, 0.25) is 0 Å². The molecule has 25 heavy (non-hydrogen) atoms. The van der Waals surface area contributed by atoms with Crippen LogP contribution in [0.25, 0.3) is 33.6 Å². The Morgan fingerprint density at radius 2 is 2.08 bits per heavy atom. The molecule has 1 aliphatic carbocycles. The predicted molar refractivity (Wildman–Crippen MR) is 97.6 cm³/mol. The van der Waals surface area contributed by atoms with Crippen LogP contribution in [0, 0.1) is 5.92 Å². The van der Waals surface area contributed by atoms with Crippen LogP contribution in [0.15, 0.2) is 24.4 Å². The number of nitrogens with two attached hydrogens (primary N) is 1. The fourth-order valence-electron chi connectivity index (χ4n) is 3.22. The largest absolute Gasteiger partial charge is 0.342 e. The molecular weight excluding hydrogens is 314 g/mol. The van der Waals surface area contributed by atoms with Gasteiger partial charge in [-0.15, -0.1) is 0 Å². The third-order valence-corrected chi connectivity index (χ3v) is 4.87. The Morgan fingerprint density at radius 3 is 2.84 bits per heavy atom. The Bertz CT molecular complexity index is 1080. The highest BCUT2D eigenvalue weighted by atomic mass is 15.4. The van der Waals surface area contributed by atoms with Gasteiger partial charge in [0.25, 0.3) is 0 Å². The van der Waals surface area contributed by atoms with Gasteiger partial charge >= 0.3 is 0 Å². The third kappa shape index (κ3) is 2.38. The molecule has 0 aliphatic heterocycles. The lowest BCUT2D eigenvalue weighted by Gasteiger charge is -2.00. The van der Waals surface area contributed by atoms with E-state index >= 15 is 0 Å². The molecule has 0 radical (unpaired) electrons. The Kier molecular flexibility index (Phi) is 2.95. The number of nitrogens with one attached hydrogen (secondary N) is 1. The summed E-state index contributed by atoms with van der Waals surface area (Å²) in [6.45, 7) is 5.22.